The van der Waals surface area contributed by atoms with Crippen molar-refractivity contribution in [2.45, 2.75) is 12.7 Å². The second kappa shape index (κ2) is 7.18. The number of halogens is 3. The van der Waals surface area contributed by atoms with Gasteiger partial charge in [0.15, 0.2) is 11.5 Å². The van der Waals surface area contributed by atoms with Crippen molar-refractivity contribution in [3.8, 4) is 0 Å². The number of carbonyl (C=O) groups is 2. The van der Waals surface area contributed by atoms with Gasteiger partial charge in [-0.05, 0) is 17.7 Å². The molecule has 0 radical (unpaired) electrons. The van der Waals surface area contributed by atoms with E-state index in [0.717, 1.165) is 12.1 Å². The summed E-state index contributed by atoms with van der Waals surface area (Å²) in [5, 5.41) is 19.4. The Labute approximate surface area is 156 Å². The maximum Gasteiger partial charge on any atom is 0.416 e. The molecule has 28 heavy (non-hydrogen) atoms. The highest BCUT2D eigenvalue weighted by atomic mass is 19.4. The molecule has 2 N–H and O–H groups in total. The minimum Gasteiger partial charge on any atom is -0.478 e. The zero-order valence-corrected chi connectivity index (χ0v) is 14.4. The summed E-state index contributed by atoms with van der Waals surface area (Å²) in [4.78, 5) is 23.4. The zero-order chi connectivity index (χ0) is 20.5. The van der Waals surface area contributed by atoms with Gasteiger partial charge in [-0.25, -0.2) is 4.79 Å². The summed E-state index contributed by atoms with van der Waals surface area (Å²) in [5.41, 5.74) is -0.915. The molecular weight excluding hydrogens is 379 g/mol. The number of hydrogen-bond donors (Lipinski definition) is 2. The number of carbonyl (C=O) groups excluding carboxylic acids is 1. The van der Waals surface area contributed by atoms with Crippen molar-refractivity contribution in [3.05, 3.63) is 65.1 Å². The number of rotatable bonds is 5. The molecule has 0 saturated heterocycles. The number of benzene rings is 1. The molecule has 3 rings (SSSR count). The molecule has 1 aromatic carbocycles. The molecule has 0 aliphatic heterocycles. The molecule has 0 bridgehead atoms. The number of aromatic carboxylic acids is 1. The Morgan fingerprint density at radius 3 is 2.64 bits per heavy atom. The van der Waals surface area contributed by atoms with Crippen LogP contribution in [-0.4, -0.2) is 36.5 Å². The Bertz CT molecular complexity index is 1040. The number of carboxylic acids is 1. The number of amides is 1. The fraction of sp³-hybridized carbons (Fsp3) is 0.176. The lowest BCUT2D eigenvalue weighted by Crippen LogP contribution is -2.17. The summed E-state index contributed by atoms with van der Waals surface area (Å²) in [6.07, 6.45) is -1.76. The Hall–Kier alpha value is -3.63. The molecular formula is C17H14F3N5O3. The number of aromatic nitrogens is 4. The number of hydrogen-bond acceptors (Lipinski definition) is 4. The first-order valence-corrected chi connectivity index (χ1v) is 7.91. The van der Waals surface area contributed by atoms with E-state index in [1.807, 2.05) is 0 Å². The molecule has 0 atom stereocenters. The second-order valence-electron chi connectivity index (χ2n) is 5.92. The van der Waals surface area contributed by atoms with E-state index in [4.69, 9.17) is 5.11 Å². The third-order valence-corrected chi connectivity index (χ3v) is 3.76. The highest BCUT2D eigenvalue weighted by Gasteiger charge is 2.30. The molecule has 0 saturated carbocycles. The molecule has 2 aromatic heterocycles. The highest BCUT2D eigenvalue weighted by molar-refractivity contribution is 6.08. The van der Waals surface area contributed by atoms with Crippen LogP contribution in [0.5, 0.6) is 0 Å². The highest BCUT2D eigenvalue weighted by Crippen LogP contribution is 2.29. The van der Waals surface area contributed by atoms with Gasteiger partial charge in [0.2, 0.25) is 0 Å². The number of nitrogens with zero attached hydrogens (tertiary/aromatic N) is 4. The van der Waals surface area contributed by atoms with Gasteiger partial charge in [0.25, 0.3) is 5.91 Å². The summed E-state index contributed by atoms with van der Waals surface area (Å²) in [6, 6.07) is 6.27. The summed E-state index contributed by atoms with van der Waals surface area (Å²) in [5.74, 6) is -1.95. The van der Waals surface area contributed by atoms with Crippen molar-refractivity contribution in [1.29, 1.82) is 0 Å². The van der Waals surface area contributed by atoms with Crippen molar-refractivity contribution in [2.24, 2.45) is 7.05 Å². The van der Waals surface area contributed by atoms with Crippen LogP contribution in [0.2, 0.25) is 0 Å². The van der Waals surface area contributed by atoms with Crippen molar-refractivity contribution < 1.29 is 27.9 Å². The molecule has 3 aromatic rings. The lowest BCUT2D eigenvalue weighted by Gasteiger charge is -2.08. The van der Waals surface area contributed by atoms with E-state index in [0.29, 0.717) is 5.56 Å². The fourth-order valence-corrected chi connectivity index (χ4v) is 2.54. The van der Waals surface area contributed by atoms with E-state index in [-0.39, 0.29) is 23.6 Å². The van der Waals surface area contributed by atoms with Crippen LogP contribution in [0.1, 0.15) is 32.0 Å². The van der Waals surface area contributed by atoms with Gasteiger partial charge in [-0.1, -0.05) is 12.1 Å². The van der Waals surface area contributed by atoms with Crippen LogP contribution in [0.4, 0.5) is 19.0 Å². The minimum atomic E-state index is -4.44. The average molecular weight is 393 g/mol. The van der Waals surface area contributed by atoms with E-state index in [1.165, 1.54) is 47.0 Å². The number of nitrogens with one attached hydrogen (secondary N) is 1. The molecule has 8 nitrogen and oxygen atoms in total. The molecule has 146 valence electrons. The maximum atomic E-state index is 12.8. The topological polar surface area (TPSA) is 102 Å². The molecule has 0 spiro atoms. The van der Waals surface area contributed by atoms with Crippen LogP contribution < -0.4 is 5.32 Å². The first kappa shape index (κ1) is 19.1. The van der Waals surface area contributed by atoms with Gasteiger partial charge >= 0.3 is 12.1 Å². The Morgan fingerprint density at radius 1 is 1.21 bits per heavy atom. The third-order valence-electron chi connectivity index (χ3n) is 3.76. The average Bonchev–Trinajstić information content (AvgIpc) is 3.21. The van der Waals surface area contributed by atoms with Crippen LogP contribution in [0, 0.1) is 0 Å². The van der Waals surface area contributed by atoms with Crippen LogP contribution in [-0.2, 0) is 19.8 Å². The SMILES string of the molecule is Cn1cc(C(=O)O)c(C(=O)Nc2ccn(Cc3cccc(C(F)(F)F)c3)n2)n1. The number of alkyl halides is 3. The van der Waals surface area contributed by atoms with Gasteiger partial charge in [-0.3, -0.25) is 14.2 Å². The van der Waals surface area contributed by atoms with Gasteiger partial charge < -0.3 is 10.4 Å². The summed E-state index contributed by atoms with van der Waals surface area (Å²) < 4.78 is 40.9. The number of aryl methyl sites for hydroxylation is 1. The molecule has 0 unspecified atom stereocenters. The summed E-state index contributed by atoms with van der Waals surface area (Å²) in [6.45, 7) is 0.0593. The van der Waals surface area contributed by atoms with E-state index in [2.05, 4.69) is 15.5 Å². The first-order chi connectivity index (χ1) is 13.1. The summed E-state index contributed by atoms with van der Waals surface area (Å²) in [7, 11) is 1.48. The zero-order valence-electron chi connectivity index (χ0n) is 14.4. The van der Waals surface area contributed by atoms with E-state index >= 15 is 0 Å². The quantitative estimate of drug-likeness (QED) is 0.694. The second-order valence-corrected chi connectivity index (χ2v) is 5.92. The van der Waals surface area contributed by atoms with Crippen molar-refractivity contribution in [2.75, 3.05) is 5.32 Å². The van der Waals surface area contributed by atoms with Gasteiger partial charge in [-0.2, -0.15) is 23.4 Å². The van der Waals surface area contributed by atoms with Crippen molar-refractivity contribution >= 4 is 17.7 Å². The number of carboxylic acid groups (broad SMARTS) is 1. The maximum absolute atomic E-state index is 12.8. The molecule has 1 amide bonds. The molecule has 0 aliphatic rings. The predicted octanol–water partition coefficient (Wildman–Crippen LogP) is 2.63. The lowest BCUT2D eigenvalue weighted by molar-refractivity contribution is -0.137. The first-order valence-electron chi connectivity index (χ1n) is 7.91. The van der Waals surface area contributed by atoms with Crippen LogP contribution in [0.3, 0.4) is 0 Å². The van der Waals surface area contributed by atoms with E-state index in [9.17, 15) is 22.8 Å². The Balaban J connectivity index is 1.73. The largest absolute Gasteiger partial charge is 0.478 e. The van der Waals surface area contributed by atoms with Gasteiger partial charge in [0.05, 0.1) is 12.1 Å². The number of anilines is 1. The Morgan fingerprint density at radius 2 is 1.96 bits per heavy atom. The van der Waals surface area contributed by atoms with E-state index < -0.39 is 23.6 Å². The third kappa shape index (κ3) is 4.19. The van der Waals surface area contributed by atoms with Crippen molar-refractivity contribution in [1.82, 2.24) is 19.6 Å². The lowest BCUT2D eigenvalue weighted by atomic mass is 10.1. The van der Waals surface area contributed by atoms with Crippen LogP contribution in [0.15, 0.2) is 42.7 Å². The standard InChI is InChI=1S/C17H14F3N5O3/c1-24-9-12(16(27)28)14(23-24)15(26)21-13-5-6-25(22-13)8-10-3-2-4-11(7-10)17(18,19)20/h2-7,9H,8H2,1H3,(H,27,28)(H,21,22,26). The van der Waals surface area contributed by atoms with Crippen LogP contribution >= 0.6 is 0 Å². The molecule has 11 heteroatoms. The summed E-state index contributed by atoms with van der Waals surface area (Å²) >= 11 is 0. The fourth-order valence-electron chi connectivity index (χ4n) is 2.54. The van der Waals surface area contributed by atoms with Crippen LogP contribution in [0.25, 0.3) is 0 Å². The van der Waals surface area contributed by atoms with Gasteiger partial charge in [0, 0.05) is 25.5 Å². The van der Waals surface area contributed by atoms with Gasteiger partial charge in [-0.15, -0.1) is 0 Å². The predicted molar refractivity (Wildman–Crippen MR) is 90.9 cm³/mol. The minimum absolute atomic E-state index is 0.0593. The van der Waals surface area contributed by atoms with Crippen molar-refractivity contribution in [3.63, 3.8) is 0 Å². The molecule has 0 fully saturated rings. The van der Waals surface area contributed by atoms with E-state index in [1.54, 1.807) is 0 Å². The monoisotopic (exact) mass is 393 g/mol. The smallest absolute Gasteiger partial charge is 0.416 e. The van der Waals surface area contributed by atoms with Gasteiger partial charge in [0.1, 0.15) is 5.56 Å². The molecule has 2 heterocycles. The Kier molecular flexibility index (Phi) is 4.91. The normalized spacial score (nSPS) is 11.4. The molecule has 0 aliphatic carbocycles.